The predicted molar refractivity (Wildman–Crippen MR) is 80.9 cm³/mol. The van der Waals surface area contributed by atoms with E-state index in [0.717, 1.165) is 0 Å². The highest BCUT2D eigenvalue weighted by atomic mass is 32.2. The van der Waals surface area contributed by atoms with Gasteiger partial charge in [0, 0.05) is 21.5 Å². The highest BCUT2D eigenvalue weighted by Gasteiger charge is 2.39. The summed E-state index contributed by atoms with van der Waals surface area (Å²) in [6, 6.07) is 4.30. The van der Waals surface area contributed by atoms with E-state index < -0.39 is 23.2 Å². The third kappa shape index (κ3) is 3.94. The Morgan fingerprint density at radius 2 is 1.60 bits per heavy atom. The second kappa shape index (κ2) is 6.00. The van der Waals surface area contributed by atoms with E-state index in [9.17, 15) is 13.2 Å². The molecule has 0 bridgehead atoms. The minimum Gasteiger partial charge on any atom is -0.206 e. The number of halogens is 3. The molecule has 20 heavy (non-hydrogen) atoms. The Hall–Kier alpha value is -0.640. The van der Waals surface area contributed by atoms with Gasteiger partial charge in [-0.3, -0.25) is 0 Å². The van der Waals surface area contributed by atoms with Gasteiger partial charge >= 0.3 is 0 Å². The summed E-state index contributed by atoms with van der Waals surface area (Å²) in [6.45, 7) is 10.7. The van der Waals surface area contributed by atoms with E-state index in [1.165, 1.54) is 26.0 Å². The zero-order valence-electron chi connectivity index (χ0n) is 12.9. The van der Waals surface area contributed by atoms with E-state index in [0.29, 0.717) is 5.56 Å². The van der Waals surface area contributed by atoms with Crippen molar-refractivity contribution < 1.29 is 13.2 Å². The van der Waals surface area contributed by atoms with Crippen molar-refractivity contribution in [2.45, 2.75) is 57.5 Å². The summed E-state index contributed by atoms with van der Waals surface area (Å²) >= 11 is 1.57. The first-order valence-electron chi connectivity index (χ1n) is 6.81. The highest BCUT2D eigenvalue weighted by Crippen LogP contribution is 2.43. The first-order chi connectivity index (χ1) is 8.97. The molecule has 0 aromatic heterocycles. The summed E-state index contributed by atoms with van der Waals surface area (Å²) in [6.07, 6.45) is 0. The van der Waals surface area contributed by atoms with Gasteiger partial charge in [0.05, 0.1) is 5.56 Å². The van der Waals surface area contributed by atoms with E-state index in [-0.39, 0.29) is 10.00 Å². The minimum atomic E-state index is -3.15. The molecule has 1 atom stereocenters. The number of hydrogen-bond acceptors (Lipinski definition) is 1. The molecule has 1 aromatic rings. The molecule has 0 radical (unpaired) electrons. The lowest BCUT2D eigenvalue weighted by molar-refractivity contribution is -0.0544. The largest absolute Gasteiger partial charge is 0.278 e. The van der Waals surface area contributed by atoms with Crippen LogP contribution >= 0.6 is 11.8 Å². The van der Waals surface area contributed by atoms with Crippen molar-refractivity contribution in [3.8, 4) is 0 Å². The summed E-state index contributed by atoms with van der Waals surface area (Å²) in [5, 5.41) is -0.169. The molecule has 0 amide bonds. The number of thioether (sulfide) groups is 1. The van der Waals surface area contributed by atoms with Crippen LogP contribution in [0.2, 0.25) is 0 Å². The Kier molecular flexibility index (Phi) is 5.23. The second-order valence-corrected chi connectivity index (χ2v) is 8.53. The average molecular weight is 304 g/mol. The predicted octanol–water partition coefficient (Wildman–Crippen LogP) is 6.17. The van der Waals surface area contributed by atoms with Gasteiger partial charge in [-0.1, -0.05) is 52.8 Å². The van der Waals surface area contributed by atoms with Crippen LogP contribution in [0.25, 0.3) is 0 Å². The summed E-state index contributed by atoms with van der Waals surface area (Å²) in [4.78, 5) is 0. The van der Waals surface area contributed by atoms with Gasteiger partial charge in [0.15, 0.2) is 0 Å². The molecule has 0 nitrogen and oxygen atoms in total. The van der Waals surface area contributed by atoms with Crippen molar-refractivity contribution in [3.63, 3.8) is 0 Å². The van der Waals surface area contributed by atoms with Crippen LogP contribution in [0.4, 0.5) is 13.2 Å². The monoisotopic (exact) mass is 304 g/mol. The van der Waals surface area contributed by atoms with E-state index in [4.69, 9.17) is 0 Å². The van der Waals surface area contributed by atoms with Gasteiger partial charge in [0.2, 0.25) is 0 Å². The molecule has 1 rings (SSSR count). The molecule has 4 heteroatoms. The zero-order chi connectivity index (χ0) is 15.7. The average Bonchev–Trinajstić information content (AvgIpc) is 2.26. The van der Waals surface area contributed by atoms with Gasteiger partial charge in [0.25, 0.3) is 5.92 Å². The third-order valence-electron chi connectivity index (χ3n) is 3.08. The quantitative estimate of drug-likeness (QED) is 0.641. The van der Waals surface area contributed by atoms with E-state index in [1.54, 1.807) is 17.8 Å². The molecule has 0 saturated heterocycles. The van der Waals surface area contributed by atoms with E-state index in [1.807, 2.05) is 27.7 Å². The zero-order valence-corrected chi connectivity index (χ0v) is 13.7. The Labute approximate surface area is 124 Å². The van der Waals surface area contributed by atoms with E-state index in [2.05, 4.69) is 0 Å². The molecular formula is C16H23F3S. The third-order valence-corrected chi connectivity index (χ3v) is 4.40. The van der Waals surface area contributed by atoms with E-state index >= 15 is 0 Å². The van der Waals surface area contributed by atoms with Crippen molar-refractivity contribution in [1.29, 1.82) is 0 Å². The molecule has 114 valence electrons. The molecule has 0 N–H and O–H groups in total. The van der Waals surface area contributed by atoms with Crippen molar-refractivity contribution in [1.82, 2.24) is 0 Å². The molecule has 0 fully saturated rings. The number of rotatable bonds is 4. The van der Waals surface area contributed by atoms with Crippen LogP contribution in [0.15, 0.2) is 18.2 Å². The maximum Gasteiger partial charge on any atom is 0.278 e. The fourth-order valence-electron chi connectivity index (χ4n) is 2.03. The number of alkyl halides is 2. The maximum absolute atomic E-state index is 14.5. The van der Waals surface area contributed by atoms with Gasteiger partial charge in [0.1, 0.15) is 5.82 Å². The van der Waals surface area contributed by atoms with Gasteiger partial charge < -0.3 is 0 Å². The highest BCUT2D eigenvalue weighted by molar-refractivity contribution is 8.00. The van der Waals surface area contributed by atoms with Crippen LogP contribution in [0.1, 0.15) is 57.9 Å². The normalized spacial score (nSPS) is 14.7. The first kappa shape index (κ1) is 17.4. The lowest BCUT2D eigenvalue weighted by Gasteiger charge is -2.26. The van der Waals surface area contributed by atoms with Crippen molar-refractivity contribution in [2.24, 2.45) is 5.92 Å². The molecule has 0 aliphatic carbocycles. The molecule has 0 heterocycles. The Balaban J connectivity index is 3.20. The Bertz CT molecular complexity index is 461. The Morgan fingerprint density at radius 3 is 2.05 bits per heavy atom. The van der Waals surface area contributed by atoms with Gasteiger partial charge in [-0.15, -0.1) is 11.8 Å². The van der Waals surface area contributed by atoms with Crippen LogP contribution in [0.3, 0.4) is 0 Å². The lowest BCUT2D eigenvalue weighted by atomic mass is 9.95. The van der Waals surface area contributed by atoms with Crippen molar-refractivity contribution >= 4 is 11.8 Å². The number of hydrogen-bond donors (Lipinski definition) is 0. The second-order valence-electron chi connectivity index (χ2n) is 6.36. The topological polar surface area (TPSA) is 0 Å². The Morgan fingerprint density at radius 1 is 1.05 bits per heavy atom. The molecule has 1 aromatic carbocycles. The summed E-state index contributed by atoms with van der Waals surface area (Å²) in [7, 11) is 0. The maximum atomic E-state index is 14.5. The van der Waals surface area contributed by atoms with Gasteiger partial charge in [-0.05, 0) is 6.92 Å². The fourth-order valence-corrected chi connectivity index (χ4v) is 3.40. The SMILES string of the molecule is CC(SC(C)(C)C)c1cccc(C(F)(F)C(C)C)c1F. The molecular weight excluding hydrogens is 281 g/mol. The minimum absolute atomic E-state index is 0.0531. The summed E-state index contributed by atoms with van der Waals surface area (Å²) in [5.41, 5.74) is -0.144. The molecule has 0 saturated carbocycles. The van der Waals surface area contributed by atoms with Crippen molar-refractivity contribution in [2.75, 3.05) is 0 Å². The lowest BCUT2D eigenvalue weighted by Crippen LogP contribution is -2.23. The van der Waals surface area contributed by atoms with Gasteiger partial charge in [-0.2, -0.15) is 0 Å². The summed E-state index contributed by atoms with van der Waals surface area (Å²) in [5.74, 6) is -4.85. The molecule has 0 aliphatic heterocycles. The first-order valence-corrected chi connectivity index (χ1v) is 7.69. The number of benzene rings is 1. The van der Waals surface area contributed by atoms with Crippen molar-refractivity contribution in [3.05, 3.63) is 35.1 Å². The van der Waals surface area contributed by atoms with Crippen LogP contribution in [0, 0.1) is 11.7 Å². The van der Waals surface area contributed by atoms with Crippen LogP contribution in [0.5, 0.6) is 0 Å². The summed E-state index contributed by atoms with van der Waals surface area (Å²) < 4.78 is 42.6. The smallest absolute Gasteiger partial charge is 0.206 e. The van der Waals surface area contributed by atoms with Crippen LogP contribution < -0.4 is 0 Å². The van der Waals surface area contributed by atoms with Gasteiger partial charge in [-0.25, -0.2) is 13.2 Å². The molecule has 0 aliphatic rings. The molecule has 0 spiro atoms. The fraction of sp³-hybridized carbons (Fsp3) is 0.625. The van der Waals surface area contributed by atoms with Crippen LogP contribution in [-0.2, 0) is 5.92 Å². The standard InChI is InChI=1S/C16H23F3S/c1-10(2)16(18,19)13-9-7-8-12(14(13)17)11(3)20-15(4,5)6/h7-11H,1-6H3. The molecule has 1 unspecified atom stereocenters. The van der Waals surface area contributed by atoms with Crippen LogP contribution in [-0.4, -0.2) is 4.75 Å².